The van der Waals surface area contributed by atoms with Crippen LogP contribution in [-0.4, -0.2) is 28.5 Å². The number of rotatable bonds is 4. The van der Waals surface area contributed by atoms with E-state index in [1.54, 1.807) is 12.1 Å². The first-order valence-electron chi connectivity index (χ1n) is 7.54. The van der Waals surface area contributed by atoms with Crippen LogP contribution >= 0.6 is 0 Å². The van der Waals surface area contributed by atoms with E-state index in [0.29, 0.717) is 13.0 Å². The molecule has 3 rings (SSSR count). The minimum absolute atomic E-state index is 0.0617. The molecule has 3 N–H and O–H groups in total. The average Bonchev–Trinajstić information content (AvgIpc) is 2.83. The van der Waals surface area contributed by atoms with Gasteiger partial charge in [-0.3, -0.25) is 0 Å². The van der Waals surface area contributed by atoms with Gasteiger partial charge in [0.15, 0.2) is 0 Å². The Morgan fingerprint density at radius 1 is 1.00 bits per heavy atom. The van der Waals surface area contributed by atoms with Crippen molar-refractivity contribution < 1.29 is 14.6 Å². The van der Waals surface area contributed by atoms with Gasteiger partial charge in [-0.15, -0.1) is 0 Å². The quantitative estimate of drug-likeness (QED) is 0.811. The summed E-state index contributed by atoms with van der Waals surface area (Å²) in [5.41, 5.74) is 2.05. The van der Waals surface area contributed by atoms with Crippen LogP contribution in [0.1, 0.15) is 23.5 Å². The van der Waals surface area contributed by atoms with Gasteiger partial charge in [-0.05, 0) is 29.7 Å². The Morgan fingerprint density at radius 3 is 2.36 bits per heavy atom. The first-order chi connectivity index (χ1) is 10.6. The predicted octanol–water partition coefficient (Wildman–Crippen LogP) is 2.19. The molecule has 1 fully saturated rings. The van der Waals surface area contributed by atoms with Crippen LogP contribution in [0.3, 0.4) is 0 Å². The second-order valence-corrected chi connectivity index (χ2v) is 5.84. The van der Waals surface area contributed by atoms with E-state index in [2.05, 4.69) is 5.32 Å². The van der Waals surface area contributed by atoms with Gasteiger partial charge in [0, 0.05) is 18.5 Å². The van der Waals surface area contributed by atoms with Crippen molar-refractivity contribution in [3.63, 3.8) is 0 Å². The van der Waals surface area contributed by atoms with Crippen LogP contribution in [0.25, 0.3) is 0 Å². The third-order valence-electron chi connectivity index (χ3n) is 4.37. The highest BCUT2D eigenvalue weighted by Gasteiger charge is 2.41. The SMILES string of the molecule is OC1CC(c2ccccc2)C(NCc2ccc(F)cc2)C1O. The molecule has 2 aromatic carbocycles. The summed E-state index contributed by atoms with van der Waals surface area (Å²) >= 11 is 0. The average molecular weight is 301 g/mol. The van der Waals surface area contributed by atoms with Crippen LogP contribution in [0, 0.1) is 5.82 Å². The van der Waals surface area contributed by atoms with Crippen molar-refractivity contribution in [2.45, 2.75) is 37.1 Å². The molecule has 0 aliphatic heterocycles. The molecule has 0 heterocycles. The van der Waals surface area contributed by atoms with Gasteiger partial charge in [0.1, 0.15) is 5.82 Å². The number of aliphatic hydroxyl groups excluding tert-OH is 2. The molecule has 0 spiro atoms. The normalized spacial score (nSPS) is 28.0. The topological polar surface area (TPSA) is 52.5 Å². The van der Waals surface area contributed by atoms with Crippen LogP contribution in [0.15, 0.2) is 54.6 Å². The molecule has 4 heteroatoms. The Kier molecular flexibility index (Phi) is 4.52. The lowest BCUT2D eigenvalue weighted by Crippen LogP contribution is -2.41. The smallest absolute Gasteiger partial charge is 0.123 e. The van der Waals surface area contributed by atoms with Crippen LogP contribution in [0.5, 0.6) is 0 Å². The third kappa shape index (κ3) is 3.19. The highest BCUT2D eigenvalue weighted by atomic mass is 19.1. The molecule has 22 heavy (non-hydrogen) atoms. The van der Waals surface area contributed by atoms with E-state index in [1.807, 2.05) is 30.3 Å². The zero-order chi connectivity index (χ0) is 15.5. The lowest BCUT2D eigenvalue weighted by molar-refractivity contribution is 0.0297. The molecule has 0 bridgehead atoms. The van der Waals surface area contributed by atoms with E-state index in [1.165, 1.54) is 12.1 Å². The number of halogens is 1. The van der Waals surface area contributed by atoms with Crippen LogP contribution in [-0.2, 0) is 6.54 Å². The lowest BCUT2D eigenvalue weighted by atomic mass is 9.93. The molecule has 0 radical (unpaired) electrons. The highest BCUT2D eigenvalue weighted by Crippen LogP contribution is 2.35. The van der Waals surface area contributed by atoms with Crippen molar-refractivity contribution >= 4 is 0 Å². The second kappa shape index (κ2) is 6.57. The molecule has 4 unspecified atom stereocenters. The van der Waals surface area contributed by atoms with Gasteiger partial charge >= 0.3 is 0 Å². The van der Waals surface area contributed by atoms with Gasteiger partial charge < -0.3 is 15.5 Å². The van der Waals surface area contributed by atoms with Gasteiger partial charge in [-0.2, -0.15) is 0 Å². The molecule has 3 nitrogen and oxygen atoms in total. The lowest BCUT2D eigenvalue weighted by Gasteiger charge is -2.24. The zero-order valence-electron chi connectivity index (χ0n) is 12.2. The van der Waals surface area contributed by atoms with Crippen LogP contribution < -0.4 is 5.32 Å². The minimum atomic E-state index is -0.800. The van der Waals surface area contributed by atoms with Crippen molar-refractivity contribution in [2.75, 3.05) is 0 Å². The summed E-state index contributed by atoms with van der Waals surface area (Å²) in [6.45, 7) is 0.526. The van der Waals surface area contributed by atoms with Crippen molar-refractivity contribution in [3.05, 3.63) is 71.5 Å². The molecule has 0 amide bonds. The van der Waals surface area contributed by atoms with Crippen LogP contribution in [0.2, 0.25) is 0 Å². The first-order valence-corrected chi connectivity index (χ1v) is 7.54. The second-order valence-electron chi connectivity index (χ2n) is 5.84. The van der Waals surface area contributed by atoms with Gasteiger partial charge in [-0.1, -0.05) is 42.5 Å². The molecule has 2 aromatic rings. The fraction of sp³-hybridized carbons (Fsp3) is 0.333. The summed E-state index contributed by atoms with van der Waals surface area (Å²) in [5, 5.41) is 23.5. The largest absolute Gasteiger partial charge is 0.390 e. The molecule has 1 aliphatic carbocycles. The first kappa shape index (κ1) is 15.2. The fourth-order valence-corrected chi connectivity index (χ4v) is 3.17. The molecule has 1 saturated carbocycles. The van der Waals surface area contributed by atoms with Gasteiger partial charge in [0.2, 0.25) is 0 Å². The Bertz CT molecular complexity index is 602. The summed E-state index contributed by atoms with van der Waals surface area (Å²) in [6.07, 6.45) is -0.992. The highest BCUT2D eigenvalue weighted by molar-refractivity contribution is 5.25. The summed E-state index contributed by atoms with van der Waals surface area (Å²) < 4.78 is 12.9. The zero-order valence-corrected chi connectivity index (χ0v) is 12.2. The molecular weight excluding hydrogens is 281 g/mol. The molecule has 116 valence electrons. The van der Waals surface area contributed by atoms with E-state index in [9.17, 15) is 14.6 Å². The Labute approximate surface area is 129 Å². The van der Waals surface area contributed by atoms with Gasteiger partial charge in [0.25, 0.3) is 0 Å². The Balaban J connectivity index is 1.73. The monoisotopic (exact) mass is 301 g/mol. The number of benzene rings is 2. The molecule has 1 aliphatic rings. The maximum Gasteiger partial charge on any atom is 0.123 e. The molecule has 0 saturated heterocycles. The van der Waals surface area contributed by atoms with E-state index < -0.39 is 12.2 Å². The van der Waals surface area contributed by atoms with Crippen molar-refractivity contribution in [2.24, 2.45) is 0 Å². The number of hydrogen-bond acceptors (Lipinski definition) is 3. The summed E-state index contributed by atoms with van der Waals surface area (Å²) in [7, 11) is 0. The minimum Gasteiger partial charge on any atom is -0.390 e. The van der Waals surface area contributed by atoms with Crippen LogP contribution in [0.4, 0.5) is 4.39 Å². The maximum atomic E-state index is 12.9. The van der Waals surface area contributed by atoms with E-state index in [-0.39, 0.29) is 17.8 Å². The molecular formula is C18H20FNO2. The standard InChI is InChI=1S/C18H20FNO2/c19-14-8-6-12(7-9-14)11-20-17-15(10-16(21)18(17)22)13-4-2-1-3-5-13/h1-9,15-18,20-22H,10-11H2. The molecule has 4 atom stereocenters. The summed E-state index contributed by atoms with van der Waals surface area (Å²) in [5.74, 6) is -0.200. The third-order valence-corrected chi connectivity index (χ3v) is 4.37. The fourth-order valence-electron chi connectivity index (χ4n) is 3.17. The Morgan fingerprint density at radius 2 is 1.68 bits per heavy atom. The van der Waals surface area contributed by atoms with E-state index in [4.69, 9.17) is 0 Å². The van der Waals surface area contributed by atoms with Gasteiger partial charge in [-0.25, -0.2) is 4.39 Å². The van der Waals surface area contributed by atoms with Crippen molar-refractivity contribution in [1.82, 2.24) is 5.32 Å². The number of nitrogens with one attached hydrogen (secondary N) is 1. The predicted molar refractivity (Wildman–Crippen MR) is 82.8 cm³/mol. The van der Waals surface area contributed by atoms with Crippen molar-refractivity contribution in [1.29, 1.82) is 0 Å². The number of aliphatic hydroxyl groups is 2. The molecule has 0 aromatic heterocycles. The summed E-state index contributed by atoms with van der Waals surface area (Å²) in [4.78, 5) is 0. The maximum absolute atomic E-state index is 12.9. The van der Waals surface area contributed by atoms with Crippen molar-refractivity contribution in [3.8, 4) is 0 Å². The van der Waals surface area contributed by atoms with Gasteiger partial charge in [0.05, 0.1) is 12.2 Å². The van der Waals surface area contributed by atoms with E-state index in [0.717, 1.165) is 11.1 Å². The number of hydrogen-bond donors (Lipinski definition) is 3. The summed E-state index contributed by atoms with van der Waals surface area (Å²) in [6, 6.07) is 16.0. The van der Waals surface area contributed by atoms with E-state index >= 15 is 0 Å². The Hall–Kier alpha value is -1.75.